The molecule has 0 aliphatic rings. The third-order valence-electron chi connectivity index (χ3n) is 2.02. The van der Waals surface area contributed by atoms with Gasteiger partial charge in [0.15, 0.2) is 0 Å². The first-order valence-electron chi connectivity index (χ1n) is 5.21. The van der Waals surface area contributed by atoms with Crippen molar-refractivity contribution in [1.29, 1.82) is 5.26 Å². The van der Waals surface area contributed by atoms with E-state index in [2.05, 4.69) is 0 Å². The average molecular weight is 213 g/mol. The van der Waals surface area contributed by atoms with Crippen LogP contribution in [-0.2, 0) is 11.3 Å². The second-order valence-electron chi connectivity index (χ2n) is 3.37. The molecule has 0 bridgehead atoms. The van der Waals surface area contributed by atoms with Crippen LogP contribution < -0.4 is 0 Å². The minimum absolute atomic E-state index is 0.0450. The van der Waals surface area contributed by atoms with Gasteiger partial charge in [-0.3, -0.25) is 0 Å². The fourth-order valence-electron chi connectivity index (χ4n) is 1.18. The molecule has 1 atom stereocenters. The van der Waals surface area contributed by atoms with E-state index in [0.29, 0.717) is 6.61 Å². The molecule has 4 radical (unpaired) electrons. The number of ether oxygens (including phenoxy) is 1. The first-order valence-corrected chi connectivity index (χ1v) is 5.21. The van der Waals surface area contributed by atoms with Crippen LogP contribution >= 0.6 is 0 Å². The maximum Gasteiger partial charge on any atom is 0.0720 e. The summed E-state index contributed by atoms with van der Waals surface area (Å²) in [6.07, 6.45) is 6.90. The summed E-state index contributed by atoms with van der Waals surface area (Å²) >= 11 is 0. The van der Waals surface area contributed by atoms with Crippen molar-refractivity contribution in [3.63, 3.8) is 0 Å². The van der Waals surface area contributed by atoms with Crippen LogP contribution in [0.1, 0.15) is 12.5 Å². The summed E-state index contributed by atoms with van der Waals surface area (Å²) in [7, 11) is 0. The van der Waals surface area contributed by atoms with Gasteiger partial charge < -0.3 is 4.74 Å². The number of hydrogen-bond acceptors (Lipinski definition) is 2. The van der Waals surface area contributed by atoms with Crippen LogP contribution in [0.4, 0.5) is 0 Å². The second-order valence-corrected chi connectivity index (χ2v) is 3.37. The summed E-state index contributed by atoms with van der Waals surface area (Å²) in [5, 5.41) is 8.28. The van der Waals surface area contributed by atoms with E-state index in [9.17, 15) is 0 Å². The molecule has 1 aromatic carbocycles. The minimum Gasteiger partial charge on any atom is -0.374 e. The van der Waals surface area contributed by atoms with Crippen LogP contribution in [0.25, 0.3) is 0 Å². The zero-order chi connectivity index (χ0) is 11.6. The van der Waals surface area contributed by atoms with Gasteiger partial charge in [0.2, 0.25) is 0 Å². The van der Waals surface area contributed by atoms with Gasteiger partial charge in [-0.2, -0.15) is 5.26 Å². The van der Waals surface area contributed by atoms with Crippen molar-refractivity contribution in [2.75, 3.05) is 0 Å². The molecule has 2 heteroatoms. The fraction of sp³-hybridized carbons (Fsp3) is 0.214. The molecule has 0 heterocycles. The Morgan fingerprint density at radius 3 is 2.75 bits per heavy atom. The van der Waals surface area contributed by atoms with Crippen LogP contribution in [0.5, 0.6) is 0 Å². The molecule has 0 saturated carbocycles. The first-order chi connectivity index (χ1) is 7.83. The van der Waals surface area contributed by atoms with Crippen molar-refractivity contribution in [3.05, 3.63) is 61.6 Å². The second kappa shape index (κ2) is 7.90. The van der Waals surface area contributed by atoms with Gasteiger partial charge in [0.05, 0.1) is 25.2 Å². The predicted molar refractivity (Wildman–Crippen MR) is 63.5 cm³/mol. The van der Waals surface area contributed by atoms with Crippen molar-refractivity contribution in [2.24, 2.45) is 0 Å². The highest BCUT2D eigenvalue weighted by Crippen LogP contribution is 2.07. The molecule has 0 aromatic heterocycles. The van der Waals surface area contributed by atoms with Gasteiger partial charge in [-0.1, -0.05) is 30.3 Å². The number of unbranched alkanes of at least 4 members (excludes halogenated alkanes) is 2. The van der Waals surface area contributed by atoms with E-state index in [4.69, 9.17) is 10.00 Å². The monoisotopic (exact) mass is 213 g/mol. The largest absolute Gasteiger partial charge is 0.374 e. The van der Waals surface area contributed by atoms with Crippen LogP contribution in [0.2, 0.25) is 0 Å². The number of benzene rings is 1. The van der Waals surface area contributed by atoms with Crippen molar-refractivity contribution >= 4 is 0 Å². The van der Waals surface area contributed by atoms with Gasteiger partial charge in [0.25, 0.3) is 0 Å². The Bertz CT molecular complexity index is 315. The van der Waals surface area contributed by atoms with Gasteiger partial charge in [0, 0.05) is 0 Å². The summed E-state index contributed by atoms with van der Waals surface area (Å²) in [6, 6.07) is 12.0. The van der Waals surface area contributed by atoms with E-state index in [1.54, 1.807) is 6.42 Å². The molecule has 0 unspecified atom stereocenters. The van der Waals surface area contributed by atoms with Gasteiger partial charge in [0.1, 0.15) is 0 Å². The molecule has 0 spiro atoms. The topological polar surface area (TPSA) is 33.0 Å². The quantitative estimate of drug-likeness (QED) is 0.652. The Morgan fingerprint density at radius 2 is 2.06 bits per heavy atom. The highest BCUT2D eigenvalue weighted by molar-refractivity contribution is 5.15. The summed E-state index contributed by atoms with van der Waals surface area (Å²) < 4.78 is 5.60. The smallest absolute Gasteiger partial charge is 0.0720 e. The van der Waals surface area contributed by atoms with Gasteiger partial charge in [-0.15, -0.1) is 0 Å². The molecular formula is C14H15NO. The zero-order valence-electron chi connectivity index (χ0n) is 9.34. The van der Waals surface area contributed by atoms with Crippen molar-refractivity contribution in [1.82, 2.24) is 0 Å². The van der Waals surface area contributed by atoms with E-state index in [-0.39, 0.29) is 6.10 Å². The predicted octanol–water partition coefficient (Wildman–Crippen LogP) is 2.93. The molecule has 1 aromatic rings. The van der Waals surface area contributed by atoms with E-state index in [1.807, 2.05) is 56.2 Å². The maximum absolute atomic E-state index is 8.28. The van der Waals surface area contributed by atoms with Gasteiger partial charge in [-0.25, -0.2) is 0 Å². The lowest BCUT2D eigenvalue weighted by Gasteiger charge is -2.11. The van der Waals surface area contributed by atoms with E-state index < -0.39 is 0 Å². The molecule has 16 heavy (non-hydrogen) atoms. The first kappa shape index (κ1) is 12.7. The van der Waals surface area contributed by atoms with Crippen LogP contribution in [0.3, 0.4) is 0 Å². The number of hydrogen-bond donors (Lipinski definition) is 0. The highest BCUT2D eigenvalue weighted by Gasteiger charge is 2.03. The third-order valence-corrected chi connectivity index (χ3v) is 2.02. The SMILES string of the molecule is C[C@H]([CH][CH][CH][CH]C#N)OCc1ccccc1. The molecule has 0 amide bonds. The fourth-order valence-corrected chi connectivity index (χ4v) is 1.18. The lowest BCUT2D eigenvalue weighted by atomic mass is 10.1. The normalized spacial score (nSPS) is 12.0. The molecule has 82 valence electrons. The molecular weight excluding hydrogens is 198 g/mol. The Hall–Kier alpha value is -1.33. The lowest BCUT2D eigenvalue weighted by Crippen LogP contribution is -2.09. The maximum atomic E-state index is 8.28. The van der Waals surface area contributed by atoms with E-state index in [0.717, 1.165) is 5.56 Å². The van der Waals surface area contributed by atoms with Crippen LogP contribution in [0, 0.1) is 37.0 Å². The van der Waals surface area contributed by atoms with Gasteiger partial charge in [-0.05, 0) is 31.7 Å². The number of nitrogens with zero attached hydrogens (tertiary/aromatic N) is 1. The summed E-state index contributed by atoms with van der Waals surface area (Å²) in [5.74, 6) is 0. The van der Waals surface area contributed by atoms with E-state index in [1.165, 1.54) is 6.42 Å². The highest BCUT2D eigenvalue weighted by atomic mass is 16.5. The third kappa shape index (κ3) is 5.53. The standard InChI is InChI=1S/C14H15NO/c1-13(8-4-3-7-11-15)16-12-14-9-5-2-6-10-14/h2-10,13H,12H2,1H3/t13-/m1/s1. The number of rotatable bonds is 7. The molecule has 0 aliphatic heterocycles. The summed E-state index contributed by atoms with van der Waals surface area (Å²) in [6.45, 7) is 2.58. The molecule has 0 N–H and O–H groups in total. The molecule has 0 saturated heterocycles. The van der Waals surface area contributed by atoms with Gasteiger partial charge >= 0.3 is 0 Å². The van der Waals surface area contributed by atoms with E-state index >= 15 is 0 Å². The van der Waals surface area contributed by atoms with Crippen molar-refractivity contribution in [2.45, 2.75) is 19.6 Å². The Balaban J connectivity index is 2.11. The van der Waals surface area contributed by atoms with Crippen molar-refractivity contribution in [3.8, 4) is 6.07 Å². The molecule has 2 nitrogen and oxygen atoms in total. The Labute approximate surface area is 97.9 Å². The van der Waals surface area contributed by atoms with Crippen LogP contribution in [0.15, 0.2) is 30.3 Å². The summed E-state index contributed by atoms with van der Waals surface area (Å²) in [5.41, 5.74) is 1.16. The zero-order valence-corrected chi connectivity index (χ0v) is 9.34. The minimum atomic E-state index is 0.0450. The Morgan fingerprint density at radius 1 is 1.31 bits per heavy atom. The number of nitriles is 1. The van der Waals surface area contributed by atoms with Crippen LogP contribution in [-0.4, -0.2) is 6.10 Å². The average Bonchev–Trinajstić information content (AvgIpc) is 2.33. The molecule has 1 rings (SSSR count). The molecule has 0 aliphatic carbocycles. The summed E-state index contributed by atoms with van der Waals surface area (Å²) in [4.78, 5) is 0. The molecule has 0 fully saturated rings. The Kier molecular flexibility index (Phi) is 6.29. The lowest BCUT2D eigenvalue weighted by molar-refractivity contribution is 0.0755. The van der Waals surface area contributed by atoms with Crippen molar-refractivity contribution < 1.29 is 4.74 Å².